The Labute approximate surface area is 200 Å². The number of unbranched alkanes of at least 4 members (excludes halogenated alkanes) is 3. The van der Waals surface area contributed by atoms with Gasteiger partial charge in [-0.05, 0) is 25.3 Å². The topological polar surface area (TPSA) is 190 Å². The zero-order valence-electron chi connectivity index (χ0n) is 19.6. The lowest BCUT2D eigenvalue weighted by Crippen LogP contribution is -2.06. The van der Waals surface area contributed by atoms with Crippen molar-refractivity contribution < 1.29 is 49.1 Å². The maximum absolute atomic E-state index is 10.2. The van der Waals surface area contributed by atoms with Gasteiger partial charge in [0.1, 0.15) is 22.6 Å². The number of hydrogen-bond acceptors (Lipinski definition) is 10. The van der Waals surface area contributed by atoms with Gasteiger partial charge in [-0.1, -0.05) is 6.42 Å². The molecule has 35 heavy (non-hydrogen) atoms. The molecule has 0 bridgehead atoms. The number of benzene rings is 1. The Bertz CT molecular complexity index is 1010. The number of aromatic nitrogens is 2. The minimum Gasteiger partial charge on any atom is -0.493 e. The van der Waals surface area contributed by atoms with Crippen LogP contribution in [0.15, 0.2) is 24.5 Å². The molecule has 192 valence electrons. The van der Waals surface area contributed by atoms with Crippen LogP contribution in [0, 0.1) is 4.91 Å². The highest BCUT2D eigenvalue weighted by atomic mass is 16.9. The molecule has 14 nitrogen and oxygen atoms in total. The van der Waals surface area contributed by atoms with E-state index in [1.165, 1.54) is 6.33 Å². The number of rotatable bonds is 14. The minimum atomic E-state index is -1.26. The van der Waals surface area contributed by atoms with Crippen molar-refractivity contribution >= 4 is 28.7 Å². The fourth-order valence-electron chi connectivity index (χ4n) is 2.88. The summed E-state index contributed by atoms with van der Waals surface area (Å²) in [5.74, 6) is -0.312. The maximum Gasteiger partial charge on any atom is 0.475 e. The van der Waals surface area contributed by atoms with Crippen molar-refractivity contribution in [1.29, 1.82) is 0 Å². The molecular weight excluding hydrogens is 468 g/mol. The summed E-state index contributed by atoms with van der Waals surface area (Å²) in [6.45, 7) is 0.919. The monoisotopic (exact) mass is 497 g/mol. The van der Waals surface area contributed by atoms with E-state index >= 15 is 0 Å². The molecule has 0 radical (unpaired) electrons. The molecule has 0 spiro atoms. The third-order valence-electron chi connectivity index (χ3n) is 4.37. The number of ether oxygens (including phenoxy) is 3. The Balaban J connectivity index is 0.000000658. The van der Waals surface area contributed by atoms with E-state index in [4.69, 9.17) is 29.6 Å². The summed E-state index contributed by atoms with van der Waals surface area (Å²) >= 11 is 0. The van der Waals surface area contributed by atoms with E-state index in [9.17, 15) is 14.5 Å². The van der Waals surface area contributed by atoms with Gasteiger partial charge in [0.05, 0.1) is 26.7 Å². The number of methoxy groups -OCH3 is 3. The highest BCUT2D eigenvalue weighted by molar-refractivity contribution is 5.96. The van der Waals surface area contributed by atoms with Gasteiger partial charge in [0.25, 0.3) is 0 Å². The molecule has 2 rings (SSSR count). The third-order valence-corrected chi connectivity index (χ3v) is 4.37. The first-order chi connectivity index (χ1) is 16.7. The van der Waals surface area contributed by atoms with Crippen LogP contribution in [0.3, 0.4) is 0 Å². The Morgan fingerprint density at radius 2 is 1.60 bits per heavy atom. The highest BCUT2D eigenvalue weighted by Crippen LogP contribution is 2.43. The van der Waals surface area contributed by atoms with Crippen LogP contribution < -0.4 is 19.5 Å². The van der Waals surface area contributed by atoms with Crippen molar-refractivity contribution in [1.82, 2.24) is 9.97 Å². The molecule has 0 amide bonds. The average molecular weight is 497 g/mol. The van der Waals surface area contributed by atoms with Crippen LogP contribution in [0.5, 0.6) is 17.2 Å². The van der Waals surface area contributed by atoms with E-state index < -0.39 is 17.0 Å². The number of anilines is 1. The smallest absolute Gasteiger partial charge is 0.475 e. The van der Waals surface area contributed by atoms with Crippen LogP contribution in [0.4, 0.5) is 5.82 Å². The molecule has 1 aromatic carbocycles. The zero-order chi connectivity index (χ0) is 26.2. The number of carbonyl (C=O) groups is 2. The first-order valence-corrected chi connectivity index (χ1v) is 10.4. The zero-order valence-corrected chi connectivity index (χ0v) is 19.6. The molecule has 0 unspecified atom stereocenters. The molecule has 0 aliphatic rings. The molecule has 0 saturated heterocycles. The predicted molar refractivity (Wildman–Crippen MR) is 122 cm³/mol. The normalized spacial score (nSPS) is 10.3. The van der Waals surface area contributed by atoms with Crippen LogP contribution in [-0.4, -0.2) is 76.9 Å². The van der Waals surface area contributed by atoms with Crippen molar-refractivity contribution in [3.63, 3.8) is 0 Å². The van der Waals surface area contributed by atoms with Crippen molar-refractivity contribution in [2.45, 2.75) is 25.7 Å². The number of hydrogen-bond donors (Lipinski definition) is 4. The van der Waals surface area contributed by atoms with Crippen molar-refractivity contribution in [3.8, 4) is 17.2 Å². The number of aliphatic carboxylic acids is 2. The number of fused-ring (bicyclic) bond motifs is 1. The first kappa shape index (κ1) is 28.7. The highest BCUT2D eigenvalue weighted by Gasteiger charge is 2.19. The van der Waals surface area contributed by atoms with Crippen LogP contribution in [0.1, 0.15) is 25.7 Å². The van der Waals surface area contributed by atoms with Crippen LogP contribution in [0.2, 0.25) is 0 Å². The fourth-order valence-corrected chi connectivity index (χ4v) is 2.88. The van der Waals surface area contributed by atoms with Crippen molar-refractivity contribution in [2.24, 2.45) is 0 Å². The maximum atomic E-state index is 10.2. The molecule has 14 heteroatoms. The van der Waals surface area contributed by atoms with E-state index in [1.807, 2.05) is 6.07 Å². The Hall–Kier alpha value is -4.36. The summed E-state index contributed by atoms with van der Waals surface area (Å²) < 4.78 is 16.2. The average Bonchev–Trinajstić information content (AvgIpc) is 2.83. The van der Waals surface area contributed by atoms with Crippen LogP contribution in [-0.2, 0) is 14.4 Å². The fraction of sp³-hybridized carbons (Fsp3) is 0.429. The van der Waals surface area contributed by atoms with E-state index in [0.29, 0.717) is 47.2 Å². The molecule has 0 saturated carbocycles. The van der Waals surface area contributed by atoms with Gasteiger partial charge in [0, 0.05) is 18.7 Å². The molecule has 1 heterocycles. The summed E-state index contributed by atoms with van der Waals surface area (Å²) in [5, 5.41) is 27.5. The second-order valence-corrected chi connectivity index (χ2v) is 6.69. The van der Waals surface area contributed by atoms with Crippen LogP contribution >= 0.6 is 0 Å². The summed E-state index contributed by atoms with van der Waals surface area (Å²) in [7, 11) is 4.66. The van der Waals surface area contributed by atoms with Gasteiger partial charge in [0.2, 0.25) is 5.75 Å². The number of carboxylic acids is 2. The summed E-state index contributed by atoms with van der Waals surface area (Å²) in [6.07, 6.45) is 6.04. The third kappa shape index (κ3) is 9.98. The van der Waals surface area contributed by atoms with Gasteiger partial charge in [-0.3, -0.25) is 0 Å². The Kier molecular flexibility index (Phi) is 12.7. The molecule has 2 aromatic rings. The van der Waals surface area contributed by atoms with Gasteiger partial charge < -0.3 is 29.7 Å². The van der Waals surface area contributed by atoms with Crippen LogP contribution in [0.25, 0.3) is 10.9 Å². The molecule has 4 N–H and O–H groups in total. The second kappa shape index (κ2) is 15.5. The predicted octanol–water partition coefficient (Wildman–Crippen LogP) is 2.44. The summed E-state index contributed by atoms with van der Waals surface area (Å²) in [6, 6.07) is 1.82. The van der Waals surface area contributed by atoms with E-state index in [-0.39, 0.29) is 6.61 Å². The molecule has 0 fully saturated rings. The summed E-state index contributed by atoms with van der Waals surface area (Å²) in [4.78, 5) is 42.3. The van der Waals surface area contributed by atoms with Gasteiger partial charge in [-0.2, -0.15) is 4.84 Å². The Morgan fingerprint density at radius 1 is 0.971 bits per heavy atom. The van der Waals surface area contributed by atoms with E-state index in [1.54, 1.807) is 21.3 Å². The number of nitrogens with one attached hydrogen (secondary N) is 1. The van der Waals surface area contributed by atoms with Gasteiger partial charge in [0.15, 0.2) is 18.1 Å². The number of nitrogens with zero attached hydrogens (tertiary/aromatic N) is 3. The van der Waals surface area contributed by atoms with Gasteiger partial charge >= 0.3 is 17.0 Å². The lowest BCUT2D eigenvalue weighted by molar-refractivity contribution is -0.975. The Morgan fingerprint density at radius 3 is 2.14 bits per heavy atom. The molecule has 0 aliphatic heterocycles. The largest absolute Gasteiger partial charge is 0.493 e. The lowest BCUT2D eigenvalue weighted by Gasteiger charge is -2.15. The van der Waals surface area contributed by atoms with Crippen molar-refractivity contribution in [3.05, 3.63) is 29.5 Å². The molecule has 1 aromatic heterocycles. The first-order valence-electron chi connectivity index (χ1n) is 10.4. The quantitative estimate of drug-likeness (QED) is 0.169. The SMILES string of the molecule is COc1cc2c(NCCCCCCO[N+](=O)O)ncnc2c(OC)c1OC.O=C(O)/C=C/C(=O)O. The van der Waals surface area contributed by atoms with E-state index in [0.717, 1.165) is 31.2 Å². The number of carboxylic acid groups (broad SMARTS) is 2. The minimum absolute atomic E-state index is 0.200. The van der Waals surface area contributed by atoms with E-state index in [2.05, 4.69) is 20.1 Å². The lowest BCUT2D eigenvalue weighted by atomic mass is 10.1. The van der Waals surface area contributed by atoms with Gasteiger partial charge in [-0.15, -0.1) is 0 Å². The standard InChI is InChI=1S/C17H25N4O6.C4H4O4/c1-24-13-10-12-14(16(26-3)15(13)25-2)19-11-20-17(12)18-8-6-4-5-7-9-27-21(22)23;5-3(6)1-2-4(7)8/h10-11H,4-9H2,1-3H3,(H,22,23)(H,18,19,20);1-2H,(H,5,6)(H,7,8)/q+1;/b;2-1+. The van der Waals surface area contributed by atoms with Gasteiger partial charge in [-0.25, -0.2) is 24.8 Å². The molecular formula is C21H29N4O10+. The van der Waals surface area contributed by atoms with Crippen molar-refractivity contribution in [2.75, 3.05) is 39.8 Å². The molecule has 0 atom stereocenters. The second-order valence-electron chi connectivity index (χ2n) is 6.69. The summed E-state index contributed by atoms with van der Waals surface area (Å²) in [5.41, 5.74) is 0.635. The molecule has 0 aliphatic carbocycles.